The molecule has 1 amide bonds. The number of anilines is 1. The number of hydrogen-bond acceptors (Lipinski definition) is 6. The molecule has 0 saturated heterocycles. The summed E-state index contributed by atoms with van der Waals surface area (Å²) < 4.78 is 11.2. The maximum absolute atomic E-state index is 12.8. The summed E-state index contributed by atoms with van der Waals surface area (Å²) in [6, 6.07) is 12.2. The molecule has 0 aromatic heterocycles. The third-order valence-corrected chi connectivity index (χ3v) is 4.58. The number of carbonyl (C=O) groups is 2. The fourth-order valence-corrected chi connectivity index (χ4v) is 3.16. The summed E-state index contributed by atoms with van der Waals surface area (Å²) in [4.78, 5) is 32.9. The minimum Gasteiger partial charge on any atom is -0.486 e. The quantitative estimate of drug-likeness (QED) is 0.642. The Kier molecular flexibility index (Phi) is 7.13. The Labute approximate surface area is 177 Å². The van der Waals surface area contributed by atoms with Crippen molar-refractivity contribution in [1.82, 2.24) is 0 Å². The molecule has 150 valence electrons. The fourth-order valence-electron chi connectivity index (χ4n) is 2.69. The summed E-state index contributed by atoms with van der Waals surface area (Å²) >= 11 is 3.41. The van der Waals surface area contributed by atoms with Crippen LogP contribution < -0.4 is 10.1 Å². The van der Waals surface area contributed by atoms with E-state index < -0.39 is 0 Å². The lowest BCUT2D eigenvalue weighted by atomic mass is 10.1. The van der Waals surface area contributed by atoms with E-state index in [-0.39, 0.29) is 24.9 Å². The molecule has 1 aliphatic heterocycles. The van der Waals surface area contributed by atoms with E-state index in [9.17, 15) is 9.59 Å². The van der Waals surface area contributed by atoms with Crippen LogP contribution in [-0.2, 0) is 16.0 Å². The number of halogens is 1. The average Bonchev–Trinajstić information content (AvgIpc) is 2.74. The number of esters is 1. The van der Waals surface area contributed by atoms with Gasteiger partial charge in [-0.25, -0.2) is 4.99 Å². The van der Waals surface area contributed by atoms with Crippen molar-refractivity contribution >= 4 is 45.5 Å². The highest BCUT2D eigenvalue weighted by atomic mass is 79.9. The summed E-state index contributed by atoms with van der Waals surface area (Å²) in [7, 11) is 1.33. The van der Waals surface area contributed by atoms with Crippen molar-refractivity contribution in [2.24, 2.45) is 9.98 Å². The Morgan fingerprint density at radius 3 is 2.79 bits per heavy atom. The molecule has 0 aliphatic carbocycles. The SMILES string of the molecule is COC(=O)Cc1ccccc1NC(=O)c1cc(Br)cc(OCC2=NCCC=N2)c1. The van der Waals surface area contributed by atoms with Crippen LogP contribution in [0.1, 0.15) is 22.3 Å². The van der Waals surface area contributed by atoms with Crippen LogP contribution in [0, 0.1) is 0 Å². The van der Waals surface area contributed by atoms with Gasteiger partial charge >= 0.3 is 5.97 Å². The molecule has 0 unspecified atom stereocenters. The van der Waals surface area contributed by atoms with Gasteiger partial charge in [0.15, 0.2) is 5.84 Å². The number of amides is 1. The standard InChI is InChI=1S/C21H20BrN3O4/c1-28-20(26)11-14-5-2-3-6-18(14)25-21(27)15-9-16(22)12-17(10-15)29-13-19-23-7-4-8-24-19/h2-3,5-7,9-10,12H,4,8,11,13H2,1H3,(H,25,27). The van der Waals surface area contributed by atoms with Crippen LogP contribution in [-0.4, -0.2) is 44.2 Å². The number of ether oxygens (including phenoxy) is 2. The minimum absolute atomic E-state index is 0.0719. The van der Waals surface area contributed by atoms with E-state index >= 15 is 0 Å². The molecular weight excluding hydrogens is 438 g/mol. The first kappa shape index (κ1) is 20.7. The zero-order chi connectivity index (χ0) is 20.6. The molecule has 3 rings (SSSR count). The molecule has 2 aromatic carbocycles. The number of nitrogens with zero attached hydrogens (tertiary/aromatic N) is 2. The molecule has 0 atom stereocenters. The van der Waals surface area contributed by atoms with Gasteiger partial charge < -0.3 is 14.8 Å². The van der Waals surface area contributed by atoms with E-state index in [1.165, 1.54) is 7.11 Å². The van der Waals surface area contributed by atoms with E-state index in [1.54, 1.807) is 42.5 Å². The lowest BCUT2D eigenvalue weighted by Crippen LogP contribution is -2.16. The summed E-state index contributed by atoms with van der Waals surface area (Å²) in [6.45, 7) is 0.940. The summed E-state index contributed by atoms with van der Waals surface area (Å²) in [5.74, 6) is 0.453. The fraction of sp³-hybridized carbons (Fsp3) is 0.238. The number of rotatable bonds is 7. The first-order chi connectivity index (χ1) is 14.0. The summed E-state index contributed by atoms with van der Waals surface area (Å²) in [5, 5.41) is 2.85. The van der Waals surface area contributed by atoms with Crippen LogP contribution in [0.15, 0.2) is 56.9 Å². The van der Waals surface area contributed by atoms with E-state index in [0.29, 0.717) is 39.4 Å². The van der Waals surface area contributed by atoms with Crippen LogP contribution >= 0.6 is 15.9 Å². The van der Waals surface area contributed by atoms with Crippen LogP contribution in [0.5, 0.6) is 5.75 Å². The van der Waals surface area contributed by atoms with E-state index in [1.807, 2.05) is 6.21 Å². The van der Waals surface area contributed by atoms with E-state index in [0.717, 1.165) is 6.42 Å². The van der Waals surface area contributed by atoms with Crippen molar-refractivity contribution in [3.63, 3.8) is 0 Å². The molecule has 8 heteroatoms. The molecule has 1 N–H and O–H groups in total. The van der Waals surface area contributed by atoms with Gasteiger partial charge in [-0.1, -0.05) is 34.1 Å². The highest BCUT2D eigenvalue weighted by molar-refractivity contribution is 9.10. The smallest absolute Gasteiger partial charge is 0.310 e. The van der Waals surface area contributed by atoms with Crippen molar-refractivity contribution in [2.75, 3.05) is 25.6 Å². The predicted molar refractivity (Wildman–Crippen MR) is 115 cm³/mol. The van der Waals surface area contributed by atoms with Crippen molar-refractivity contribution in [2.45, 2.75) is 12.8 Å². The lowest BCUT2D eigenvalue weighted by Gasteiger charge is -2.12. The van der Waals surface area contributed by atoms with Gasteiger partial charge in [0.25, 0.3) is 5.91 Å². The monoisotopic (exact) mass is 457 g/mol. The molecule has 0 fully saturated rings. The third-order valence-electron chi connectivity index (χ3n) is 4.12. The van der Waals surface area contributed by atoms with Crippen LogP contribution in [0.2, 0.25) is 0 Å². The van der Waals surface area contributed by atoms with Crippen molar-refractivity contribution in [1.29, 1.82) is 0 Å². The highest BCUT2D eigenvalue weighted by Gasteiger charge is 2.14. The molecule has 0 saturated carbocycles. The van der Waals surface area contributed by atoms with Crippen molar-refractivity contribution in [3.05, 3.63) is 58.1 Å². The number of aliphatic imine (C=N–C) groups is 2. The second-order valence-electron chi connectivity index (χ2n) is 6.23. The number of methoxy groups -OCH3 is 1. The Hall–Kier alpha value is -3.00. The molecule has 2 aromatic rings. The van der Waals surface area contributed by atoms with Gasteiger partial charge in [-0.15, -0.1) is 0 Å². The van der Waals surface area contributed by atoms with Gasteiger partial charge in [0, 0.05) is 34.9 Å². The van der Waals surface area contributed by atoms with Crippen molar-refractivity contribution < 1.29 is 19.1 Å². The Morgan fingerprint density at radius 1 is 1.21 bits per heavy atom. The van der Waals surface area contributed by atoms with Crippen LogP contribution in [0.25, 0.3) is 0 Å². The minimum atomic E-state index is -0.377. The van der Waals surface area contributed by atoms with Gasteiger partial charge in [-0.2, -0.15) is 0 Å². The largest absolute Gasteiger partial charge is 0.486 e. The van der Waals surface area contributed by atoms with Crippen molar-refractivity contribution in [3.8, 4) is 5.75 Å². The van der Waals surface area contributed by atoms with Gasteiger partial charge in [0.05, 0.1) is 13.5 Å². The van der Waals surface area contributed by atoms with Gasteiger partial charge in [0.1, 0.15) is 12.4 Å². The number of amidine groups is 1. The second kappa shape index (κ2) is 9.97. The van der Waals surface area contributed by atoms with Gasteiger partial charge in [-0.05, 0) is 29.8 Å². The maximum Gasteiger partial charge on any atom is 0.310 e. The van der Waals surface area contributed by atoms with Gasteiger partial charge in [0.2, 0.25) is 0 Å². The molecule has 7 nitrogen and oxygen atoms in total. The van der Waals surface area contributed by atoms with Gasteiger partial charge in [-0.3, -0.25) is 14.6 Å². The second-order valence-corrected chi connectivity index (χ2v) is 7.14. The molecule has 1 aliphatic rings. The zero-order valence-electron chi connectivity index (χ0n) is 15.9. The average molecular weight is 458 g/mol. The first-order valence-corrected chi connectivity index (χ1v) is 9.80. The maximum atomic E-state index is 12.8. The van der Waals surface area contributed by atoms with Crippen LogP contribution in [0.3, 0.4) is 0 Å². The summed E-state index contributed by atoms with van der Waals surface area (Å²) in [6.07, 6.45) is 2.72. The normalized spacial score (nSPS) is 12.8. The summed E-state index contributed by atoms with van der Waals surface area (Å²) in [5.41, 5.74) is 1.64. The molecule has 29 heavy (non-hydrogen) atoms. The third kappa shape index (κ3) is 5.99. The topological polar surface area (TPSA) is 89.3 Å². The molecule has 0 spiro atoms. The Morgan fingerprint density at radius 2 is 2.03 bits per heavy atom. The molecule has 0 radical (unpaired) electrons. The number of hydrogen-bond donors (Lipinski definition) is 1. The first-order valence-electron chi connectivity index (χ1n) is 9.00. The van der Waals surface area contributed by atoms with E-state index in [4.69, 9.17) is 9.47 Å². The number of para-hydroxylation sites is 1. The number of benzene rings is 2. The zero-order valence-corrected chi connectivity index (χ0v) is 17.4. The Bertz CT molecular complexity index is 972. The molecular formula is C21H20BrN3O4. The van der Waals surface area contributed by atoms with Crippen LogP contribution in [0.4, 0.5) is 5.69 Å². The number of carbonyl (C=O) groups excluding carboxylic acids is 2. The molecule has 0 bridgehead atoms. The predicted octanol–water partition coefficient (Wildman–Crippen LogP) is 3.67. The Balaban J connectivity index is 1.73. The lowest BCUT2D eigenvalue weighted by molar-refractivity contribution is -0.139. The molecule has 1 heterocycles. The van der Waals surface area contributed by atoms with E-state index in [2.05, 4.69) is 31.2 Å². The highest BCUT2D eigenvalue weighted by Crippen LogP contribution is 2.24. The number of nitrogens with one attached hydrogen (secondary N) is 1.